The van der Waals surface area contributed by atoms with Crippen molar-refractivity contribution >= 4 is 22.4 Å². The van der Waals surface area contributed by atoms with Crippen molar-refractivity contribution in [2.45, 2.75) is 6.92 Å². The molecule has 1 aromatic carbocycles. The molecule has 0 fully saturated rings. The second-order valence-corrected chi connectivity index (χ2v) is 3.55. The SMILES string of the molecule is CN=C(C)Nc1ccnc2c(F)ccc(F)c12. The summed E-state index contributed by atoms with van der Waals surface area (Å²) in [7, 11) is 1.61. The molecular weight excluding hydrogens is 224 g/mol. The molecule has 1 N–H and O–H groups in total. The molecule has 1 heterocycles. The summed E-state index contributed by atoms with van der Waals surface area (Å²) in [5, 5.41) is 3.04. The van der Waals surface area contributed by atoms with E-state index in [1.54, 1.807) is 20.0 Å². The summed E-state index contributed by atoms with van der Waals surface area (Å²) in [4.78, 5) is 7.75. The van der Waals surface area contributed by atoms with Gasteiger partial charge in [0.15, 0.2) is 0 Å². The van der Waals surface area contributed by atoms with Crippen LogP contribution in [0.2, 0.25) is 0 Å². The first kappa shape index (κ1) is 11.4. The topological polar surface area (TPSA) is 37.3 Å². The molecule has 0 amide bonds. The van der Waals surface area contributed by atoms with E-state index >= 15 is 0 Å². The van der Waals surface area contributed by atoms with E-state index in [1.807, 2.05) is 0 Å². The number of rotatable bonds is 1. The van der Waals surface area contributed by atoms with Crippen LogP contribution < -0.4 is 5.32 Å². The fraction of sp³-hybridized carbons (Fsp3) is 0.167. The van der Waals surface area contributed by atoms with Crippen molar-refractivity contribution in [3.8, 4) is 0 Å². The molecule has 0 saturated carbocycles. The van der Waals surface area contributed by atoms with E-state index in [1.165, 1.54) is 6.20 Å². The second-order valence-electron chi connectivity index (χ2n) is 3.55. The Kier molecular flexibility index (Phi) is 2.99. The monoisotopic (exact) mass is 235 g/mol. The molecule has 0 spiro atoms. The van der Waals surface area contributed by atoms with Crippen LogP contribution in [0.15, 0.2) is 29.4 Å². The lowest BCUT2D eigenvalue weighted by Gasteiger charge is -2.09. The number of benzene rings is 1. The summed E-state index contributed by atoms with van der Waals surface area (Å²) in [6.07, 6.45) is 1.43. The minimum absolute atomic E-state index is 0.0129. The molecule has 3 nitrogen and oxygen atoms in total. The summed E-state index contributed by atoms with van der Waals surface area (Å²) in [5.74, 6) is -0.446. The Labute approximate surface area is 97.2 Å². The van der Waals surface area contributed by atoms with Crippen LogP contribution >= 0.6 is 0 Å². The number of aromatic nitrogens is 1. The molecule has 0 unspecified atom stereocenters. The number of hydrogen-bond acceptors (Lipinski definition) is 2. The quantitative estimate of drug-likeness (QED) is 0.609. The van der Waals surface area contributed by atoms with Gasteiger partial charge in [-0.15, -0.1) is 0 Å². The summed E-state index contributed by atoms with van der Waals surface area (Å²) in [6.45, 7) is 1.74. The molecule has 88 valence electrons. The first-order chi connectivity index (χ1) is 8.13. The Bertz CT molecular complexity index is 594. The molecule has 17 heavy (non-hydrogen) atoms. The maximum Gasteiger partial charge on any atom is 0.149 e. The van der Waals surface area contributed by atoms with E-state index in [2.05, 4.69) is 15.3 Å². The van der Waals surface area contributed by atoms with Crippen LogP contribution in [0.3, 0.4) is 0 Å². The van der Waals surface area contributed by atoms with Crippen LogP contribution in [-0.4, -0.2) is 17.9 Å². The van der Waals surface area contributed by atoms with Crippen LogP contribution in [0, 0.1) is 11.6 Å². The Balaban J connectivity index is 2.68. The van der Waals surface area contributed by atoms with Gasteiger partial charge in [-0.05, 0) is 25.1 Å². The molecule has 0 radical (unpaired) electrons. The van der Waals surface area contributed by atoms with Crippen LogP contribution in [-0.2, 0) is 0 Å². The second kappa shape index (κ2) is 4.45. The third-order valence-electron chi connectivity index (χ3n) is 2.44. The summed E-state index contributed by atoms with van der Waals surface area (Å²) in [6, 6.07) is 3.73. The van der Waals surface area contributed by atoms with Crippen molar-refractivity contribution in [3.63, 3.8) is 0 Å². The normalized spacial score (nSPS) is 11.9. The van der Waals surface area contributed by atoms with Gasteiger partial charge in [-0.25, -0.2) is 8.78 Å². The van der Waals surface area contributed by atoms with Gasteiger partial charge in [0.05, 0.1) is 16.9 Å². The zero-order chi connectivity index (χ0) is 12.4. The van der Waals surface area contributed by atoms with E-state index < -0.39 is 11.6 Å². The van der Waals surface area contributed by atoms with Crippen molar-refractivity contribution in [1.82, 2.24) is 4.98 Å². The maximum atomic E-state index is 13.7. The van der Waals surface area contributed by atoms with E-state index in [9.17, 15) is 8.78 Å². The van der Waals surface area contributed by atoms with Gasteiger partial charge in [-0.1, -0.05) is 0 Å². The summed E-state index contributed by atoms with van der Waals surface area (Å²) >= 11 is 0. The zero-order valence-corrected chi connectivity index (χ0v) is 9.46. The van der Waals surface area contributed by atoms with Gasteiger partial charge in [-0.3, -0.25) is 9.98 Å². The highest BCUT2D eigenvalue weighted by atomic mass is 19.1. The fourth-order valence-corrected chi connectivity index (χ4v) is 1.55. The first-order valence-electron chi connectivity index (χ1n) is 5.06. The lowest BCUT2D eigenvalue weighted by Crippen LogP contribution is -2.08. The van der Waals surface area contributed by atoms with Crippen molar-refractivity contribution in [2.24, 2.45) is 4.99 Å². The maximum absolute atomic E-state index is 13.7. The lowest BCUT2D eigenvalue weighted by atomic mass is 10.1. The average Bonchev–Trinajstić information content (AvgIpc) is 2.34. The highest BCUT2D eigenvalue weighted by Gasteiger charge is 2.11. The predicted molar refractivity (Wildman–Crippen MR) is 64.3 cm³/mol. The van der Waals surface area contributed by atoms with Gasteiger partial charge in [0.1, 0.15) is 17.2 Å². The van der Waals surface area contributed by atoms with Gasteiger partial charge in [-0.2, -0.15) is 0 Å². The van der Waals surface area contributed by atoms with E-state index in [0.717, 1.165) is 12.1 Å². The minimum atomic E-state index is -0.545. The molecule has 0 aliphatic heterocycles. The molecular formula is C12H11F2N3. The molecule has 2 rings (SSSR count). The summed E-state index contributed by atoms with van der Waals surface area (Å²) < 4.78 is 27.2. The van der Waals surface area contributed by atoms with Crippen molar-refractivity contribution in [2.75, 3.05) is 12.4 Å². The fourth-order valence-electron chi connectivity index (χ4n) is 1.55. The Hall–Kier alpha value is -2.04. The molecule has 0 aliphatic rings. The number of anilines is 1. The number of pyridine rings is 1. The minimum Gasteiger partial charge on any atom is -0.344 e. The number of halogens is 2. The van der Waals surface area contributed by atoms with Crippen molar-refractivity contribution in [3.05, 3.63) is 36.0 Å². The Morgan fingerprint density at radius 1 is 1.24 bits per heavy atom. The average molecular weight is 235 g/mol. The van der Waals surface area contributed by atoms with Crippen LogP contribution in [0.25, 0.3) is 10.9 Å². The Morgan fingerprint density at radius 3 is 2.65 bits per heavy atom. The number of aliphatic imine (C=N–C) groups is 1. The smallest absolute Gasteiger partial charge is 0.149 e. The molecule has 0 saturated heterocycles. The van der Waals surface area contributed by atoms with Gasteiger partial charge in [0.2, 0.25) is 0 Å². The van der Waals surface area contributed by atoms with Gasteiger partial charge in [0, 0.05) is 13.2 Å². The van der Waals surface area contributed by atoms with Crippen molar-refractivity contribution < 1.29 is 8.78 Å². The molecule has 0 atom stereocenters. The van der Waals surface area contributed by atoms with Gasteiger partial charge >= 0.3 is 0 Å². The molecule has 0 aliphatic carbocycles. The number of hydrogen-bond donors (Lipinski definition) is 1. The van der Waals surface area contributed by atoms with E-state index in [0.29, 0.717) is 11.5 Å². The molecule has 2 aromatic rings. The van der Waals surface area contributed by atoms with Crippen LogP contribution in [0.1, 0.15) is 6.92 Å². The third kappa shape index (κ3) is 2.08. The largest absolute Gasteiger partial charge is 0.344 e. The lowest BCUT2D eigenvalue weighted by molar-refractivity contribution is 0.615. The first-order valence-corrected chi connectivity index (χ1v) is 5.06. The number of nitrogens with one attached hydrogen (secondary N) is 1. The van der Waals surface area contributed by atoms with E-state index in [-0.39, 0.29) is 10.9 Å². The molecule has 5 heteroatoms. The van der Waals surface area contributed by atoms with Crippen LogP contribution in [0.4, 0.5) is 14.5 Å². The highest BCUT2D eigenvalue weighted by molar-refractivity contribution is 6.02. The van der Waals surface area contributed by atoms with Crippen LogP contribution in [0.5, 0.6) is 0 Å². The van der Waals surface area contributed by atoms with Crippen molar-refractivity contribution in [1.29, 1.82) is 0 Å². The third-order valence-corrected chi connectivity index (χ3v) is 2.44. The van der Waals surface area contributed by atoms with Gasteiger partial charge < -0.3 is 5.32 Å². The number of nitrogens with zero attached hydrogens (tertiary/aromatic N) is 2. The Morgan fingerprint density at radius 2 is 1.94 bits per heavy atom. The number of amidine groups is 1. The summed E-state index contributed by atoms with van der Waals surface area (Å²) in [5.41, 5.74) is 0.467. The van der Waals surface area contributed by atoms with Gasteiger partial charge in [0.25, 0.3) is 0 Å². The predicted octanol–water partition coefficient (Wildman–Crippen LogP) is 2.97. The highest BCUT2D eigenvalue weighted by Crippen LogP contribution is 2.26. The molecule has 1 aromatic heterocycles. The number of fused-ring (bicyclic) bond motifs is 1. The van der Waals surface area contributed by atoms with E-state index in [4.69, 9.17) is 0 Å². The zero-order valence-electron chi connectivity index (χ0n) is 9.46. The standard InChI is InChI=1S/C12H11F2N3/c1-7(15-2)17-10-5-6-16-12-9(14)4-3-8(13)11(10)12/h3-6H,1-2H3,(H,15,16,17). The molecule has 0 bridgehead atoms.